The molecule has 2 N–H and O–H groups in total. The third-order valence-electron chi connectivity index (χ3n) is 4.08. The summed E-state index contributed by atoms with van der Waals surface area (Å²) in [5.74, 6) is 1.52. The standard InChI is InChI=1S/C17H26F2N4O3/c1-11(2)23(4)6-5-21-17(20-3)22-9-12-7-14-15(25-10-24-14)8-13(12)26-16(18)19/h7-8,11,16H,5-6,9-10H2,1-4H3,(H2,20,21,22). The number of hydrogen-bond donors (Lipinski definition) is 2. The van der Waals surface area contributed by atoms with Crippen LogP contribution in [0.5, 0.6) is 17.2 Å². The summed E-state index contributed by atoms with van der Waals surface area (Å²) in [6.07, 6.45) is 0. The summed E-state index contributed by atoms with van der Waals surface area (Å²) >= 11 is 0. The highest BCUT2D eigenvalue weighted by Crippen LogP contribution is 2.38. The minimum atomic E-state index is -2.92. The van der Waals surface area contributed by atoms with E-state index in [4.69, 9.17) is 9.47 Å². The number of alkyl halides is 2. The van der Waals surface area contributed by atoms with E-state index in [1.54, 1.807) is 13.1 Å². The molecule has 1 heterocycles. The average molecular weight is 372 g/mol. The average Bonchev–Trinajstić information content (AvgIpc) is 3.04. The predicted molar refractivity (Wildman–Crippen MR) is 95.2 cm³/mol. The summed E-state index contributed by atoms with van der Waals surface area (Å²) in [7, 11) is 3.70. The van der Waals surface area contributed by atoms with Crippen LogP contribution in [0.1, 0.15) is 19.4 Å². The van der Waals surface area contributed by atoms with E-state index in [0.29, 0.717) is 35.6 Å². The Labute approximate surface area is 152 Å². The number of aliphatic imine (C=N–C) groups is 1. The van der Waals surface area contributed by atoms with Gasteiger partial charge in [0, 0.05) is 44.4 Å². The van der Waals surface area contributed by atoms with Gasteiger partial charge in [-0.05, 0) is 27.0 Å². The highest BCUT2D eigenvalue weighted by atomic mass is 19.3. The summed E-state index contributed by atoms with van der Waals surface area (Å²) in [5, 5.41) is 6.28. The Hall–Kier alpha value is -2.29. The quantitative estimate of drug-likeness (QED) is 0.538. The number of likely N-dealkylation sites (N-methyl/N-ethyl adjacent to an activating group) is 1. The lowest BCUT2D eigenvalue weighted by atomic mass is 10.1. The summed E-state index contributed by atoms with van der Waals surface area (Å²) in [5.41, 5.74) is 0.525. The van der Waals surface area contributed by atoms with Gasteiger partial charge in [0.25, 0.3) is 0 Å². The van der Waals surface area contributed by atoms with E-state index >= 15 is 0 Å². The van der Waals surface area contributed by atoms with Gasteiger partial charge in [-0.2, -0.15) is 8.78 Å². The second-order valence-electron chi connectivity index (χ2n) is 6.12. The zero-order valence-electron chi connectivity index (χ0n) is 15.5. The number of guanidine groups is 1. The number of rotatable bonds is 8. The van der Waals surface area contributed by atoms with Crippen LogP contribution in [0.25, 0.3) is 0 Å². The van der Waals surface area contributed by atoms with Crippen molar-refractivity contribution >= 4 is 5.96 Å². The van der Waals surface area contributed by atoms with Gasteiger partial charge in [0.05, 0.1) is 0 Å². The molecule has 0 bridgehead atoms. The zero-order valence-corrected chi connectivity index (χ0v) is 15.5. The van der Waals surface area contributed by atoms with Crippen LogP contribution in [-0.4, -0.2) is 57.5 Å². The van der Waals surface area contributed by atoms with Crippen LogP contribution in [0, 0.1) is 0 Å². The number of nitrogens with zero attached hydrogens (tertiary/aromatic N) is 2. The maximum Gasteiger partial charge on any atom is 0.387 e. The Bertz CT molecular complexity index is 626. The van der Waals surface area contributed by atoms with Crippen LogP contribution in [0.4, 0.5) is 8.78 Å². The third-order valence-corrected chi connectivity index (χ3v) is 4.08. The normalized spacial score (nSPS) is 13.7. The van der Waals surface area contributed by atoms with Gasteiger partial charge in [-0.3, -0.25) is 4.99 Å². The molecule has 9 heteroatoms. The molecule has 1 aromatic carbocycles. The van der Waals surface area contributed by atoms with Crippen molar-refractivity contribution in [2.24, 2.45) is 4.99 Å². The lowest BCUT2D eigenvalue weighted by Gasteiger charge is -2.22. The van der Waals surface area contributed by atoms with Crippen molar-refractivity contribution in [1.82, 2.24) is 15.5 Å². The maximum atomic E-state index is 12.7. The van der Waals surface area contributed by atoms with E-state index < -0.39 is 6.61 Å². The zero-order chi connectivity index (χ0) is 19.1. The van der Waals surface area contributed by atoms with Gasteiger partial charge >= 0.3 is 6.61 Å². The summed E-state index contributed by atoms with van der Waals surface area (Å²) in [6, 6.07) is 3.50. The summed E-state index contributed by atoms with van der Waals surface area (Å²) < 4.78 is 40.4. The fourth-order valence-corrected chi connectivity index (χ4v) is 2.32. The van der Waals surface area contributed by atoms with Crippen LogP contribution in [0.2, 0.25) is 0 Å². The van der Waals surface area contributed by atoms with Crippen molar-refractivity contribution in [3.8, 4) is 17.2 Å². The number of halogens is 2. The van der Waals surface area contributed by atoms with E-state index in [9.17, 15) is 8.78 Å². The van der Waals surface area contributed by atoms with E-state index in [2.05, 4.69) is 39.1 Å². The molecule has 0 amide bonds. The molecule has 26 heavy (non-hydrogen) atoms. The Morgan fingerprint density at radius 1 is 1.27 bits per heavy atom. The fourth-order valence-electron chi connectivity index (χ4n) is 2.32. The molecule has 0 radical (unpaired) electrons. The molecule has 1 aliphatic rings. The van der Waals surface area contributed by atoms with Crippen molar-refractivity contribution in [3.05, 3.63) is 17.7 Å². The van der Waals surface area contributed by atoms with Crippen molar-refractivity contribution in [2.75, 3.05) is 34.0 Å². The monoisotopic (exact) mass is 372 g/mol. The van der Waals surface area contributed by atoms with E-state index in [1.165, 1.54) is 6.07 Å². The smallest absolute Gasteiger partial charge is 0.387 e. The van der Waals surface area contributed by atoms with Crippen LogP contribution in [0.3, 0.4) is 0 Å². The Kier molecular flexibility index (Phi) is 7.26. The van der Waals surface area contributed by atoms with E-state index in [1.807, 2.05) is 7.05 Å². The number of hydrogen-bond acceptors (Lipinski definition) is 5. The summed E-state index contributed by atoms with van der Waals surface area (Å²) in [4.78, 5) is 6.34. The van der Waals surface area contributed by atoms with Crippen molar-refractivity contribution in [1.29, 1.82) is 0 Å². The minimum absolute atomic E-state index is 0.0479. The molecule has 2 rings (SSSR count). The molecule has 0 aromatic heterocycles. The second-order valence-corrected chi connectivity index (χ2v) is 6.12. The molecule has 0 atom stereocenters. The molecule has 7 nitrogen and oxygen atoms in total. The first-order valence-electron chi connectivity index (χ1n) is 8.42. The lowest BCUT2D eigenvalue weighted by Crippen LogP contribution is -2.41. The van der Waals surface area contributed by atoms with Crippen molar-refractivity contribution in [3.63, 3.8) is 0 Å². The van der Waals surface area contributed by atoms with Crippen LogP contribution in [-0.2, 0) is 6.54 Å². The minimum Gasteiger partial charge on any atom is -0.454 e. The molecule has 0 aliphatic carbocycles. The first kappa shape index (κ1) is 20.0. The van der Waals surface area contributed by atoms with Gasteiger partial charge < -0.3 is 29.7 Å². The SMILES string of the molecule is CN=C(NCCN(C)C(C)C)NCc1cc2c(cc1OC(F)F)OCO2. The Morgan fingerprint density at radius 2 is 1.96 bits per heavy atom. The highest BCUT2D eigenvalue weighted by Gasteiger charge is 2.20. The maximum absolute atomic E-state index is 12.7. The molecule has 0 spiro atoms. The van der Waals surface area contributed by atoms with Gasteiger partial charge in [0.15, 0.2) is 17.5 Å². The van der Waals surface area contributed by atoms with Gasteiger partial charge in [-0.15, -0.1) is 0 Å². The van der Waals surface area contributed by atoms with Gasteiger partial charge in [-0.1, -0.05) is 0 Å². The van der Waals surface area contributed by atoms with Crippen LogP contribution < -0.4 is 24.8 Å². The van der Waals surface area contributed by atoms with Crippen LogP contribution >= 0.6 is 0 Å². The molecular weight excluding hydrogens is 346 g/mol. The highest BCUT2D eigenvalue weighted by molar-refractivity contribution is 5.79. The van der Waals surface area contributed by atoms with Crippen LogP contribution in [0.15, 0.2) is 17.1 Å². The topological polar surface area (TPSA) is 67.4 Å². The van der Waals surface area contributed by atoms with Gasteiger partial charge in [-0.25, -0.2) is 0 Å². The molecule has 146 valence electrons. The molecule has 0 saturated heterocycles. The first-order valence-corrected chi connectivity index (χ1v) is 8.42. The molecule has 0 saturated carbocycles. The predicted octanol–water partition coefficient (Wildman–Crippen LogP) is 2.02. The first-order chi connectivity index (χ1) is 12.4. The molecule has 1 aliphatic heterocycles. The summed E-state index contributed by atoms with van der Waals surface area (Å²) in [6.45, 7) is 3.19. The number of nitrogens with one attached hydrogen (secondary N) is 2. The van der Waals surface area contributed by atoms with E-state index in [0.717, 1.165) is 6.54 Å². The second kappa shape index (κ2) is 9.42. The molecule has 1 aromatic rings. The molecule has 0 unspecified atom stereocenters. The third kappa shape index (κ3) is 5.62. The number of fused-ring (bicyclic) bond motifs is 1. The molecule has 0 fully saturated rings. The number of ether oxygens (including phenoxy) is 3. The fraction of sp³-hybridized carbons (Fsp3) is 0.588. The molecular formula is C17H26F2N4O3. The Morgan fingerprint density at radius 3 is 2.58 bits per heavy atom. The lowest BCUT2D eigenvalue weighted by molar-refractivity contribution is -0.0505. The van der Waals surface area contributed by atoms with Gasteiger partial charge in [0.1, 0.15) is 5.75 Å². The largest absolute Gasteiger partial charge is 0.454 e. The Balaban J connectivity index is 1.96. The number of benzene rings is 1. The van der Waals surface area contributed by atoms with Crippen molar-refractivity contribution in [2.45, 2.75) is 33.0 Å². The van der Waals surface area contributed by atoms with Gasteiger partial charge in [0.2, 0.25) is 6.79 Å². The van der Waals surface area contributed by atoms with E-state index in [-0.39, 0.29) is 19.1 Å². The van der Waals surface area contributed by atoms with Crippen molar-refractivity contribution < 1.29 is 23.0 Å².